The van der Waals surface area contributed by atoms with Gasteiger partial charge >= 0.3 is 7.60 Å². The van der Waals surface area contributed by atoms with Crippen LogP contribution in [0.2, 0.25) is 0 Å². The van der Waals surface area contributed by atoms with E-state index in [4.69, 9.17) is 9.05 Å². The molecule has 3 nitrogen and oxygen atoms in total. The SMILES string of the molecule is CCCCCCCCCOP(=O)(CCCCCCCCC)Oc1ccccc1. The monoisotopic (exact) mass is 410 g/mol. The largest absolute Gasteiger partial charge is 0.424 e. The van der Waals surface area contributed by atoms with Gasteiger partial charge in [0.2, 0.25) is 0 Å². The molecule has 0 heterocycles. The van der Waals surface area contributed by atoms with Crippen molar-refractivity contribution in [3.63, 3.8) is 0 Å². The Hall–Kier alpha value is -0.790. The van der Waals surface area contributed by atoms with Crippen molar-refractivity contribution in [3.8, 4) is 5.75 Å². The van der Waals surface area contributed by atoms with Crippen LogP contribution in [0, 0.1) is 0 Å². The molecule has 0 aliphatic heterocycles. The lowest BCUT2D eigenvalue weighted by Crippen LogP contribution is -2.04. The lowest BCUT2D eigenvalue weighted by molar-refractivity contribution is 0.256. The summed E-state index contributed by atoms with van der Waals surface area (Å²) in [7, 11) is -3.07. The van der Waals surface area contributed by atoms with Crippen molar-refractivity contribution < 1.29 is 13.6 Å². The Labute approximate surface area is 174 Å². The van der Waals surface area contributed by atoms with Crippen molar-refractivity contribution in [2.75, 3.05) is 12.8 Å². The molecule has 1 aromatic rings. The summed E-state index contributed by atoms with van der Waals surface area (Å²) in [6.45, 7) is 5.01. The molecule has 0 aromatic heterocycles. The maximum Gasteiger partial charge on any atom is 0.379 e. The highest BCUT2D eigenvalue weighted by atomic mass is 31.2. The summed E-state index contributed by atoms with van der Waals surface area (Å²) in [5, 5.41) is 0. The number of benzene rings is 1. The molecule has 28 heavy (non-hydrogen) atoms. The first kappa shape index (κ1) is 25.2. The fraction of sp³-hybridized carbons (Fsp3) is 0.750. The van der Waals surface area contributed by atoms with E-state index in [9.17, 15) is 4.57 Å². The first-order chi connectivity index (χ1) is 13.7. The van der Waals surface area contributed by atoms with Gasteiger partial charge in [0.1, 0.15) is 5.75 Å². The zero-order valence-electron chi connectivity index (χ0n) is 18.4. The molecule has 4 heteroatoms. The highest BCUT2D eigenvalue weighted by Gasteiger charge is 2.25. The summed E-state index contributed by atoms with van der Waals surface area (Å²) in [6, 6.07) is 9.46. The summed E-state index contributed by atoms with van der Waals surface area (Å²) >= 11 is 0. The quantitative estimate of drug-likeness (QED) is 0.169. The zero-order chi connectivity index (χ0) is 20.3. The van der Waals surface area contributed by atoms with Crippen molar-refractivity contribution in [2.24, 2.45) is 0 Å². The van der Waals surface area contributed by atoms with Gasteiger partial charge in [-0.05, 0) is 25.0 Å². The summed E-state index contributed by atoms with van der Waals surface area (Å²) in [5.74, 6) is 0.647. The Morgan fingerprint density at radius 1 is 0.679 bits per heavy atom. The van der Waals surface area contributed by atoms with Gasteiger partial charge in [0.05, 0.1) is 12.8 Å². The molecule has 1 atom stereocenters. The van der Waals surface area contributed by atoms with Crippen molar-refractivity contribution in [3.05, 3.63) is 30.3 Å². The van der Waals surface area contributed by atoms with E-state index in [1.807, 2.05) is 30.3 Å². The minimum atomic E-state index is -3.07. The van der Waals surface area contributed by atoms with Crippen LogP contribution in [-0.4, -0.2) is 12.8 Å². The van der Waals surface area contributed by atoms with Gasteiger partial charge < -0.3 is 4.52 Å². The number of hydrogen-bond acceptors (Lipinski definition) is 3. The number of unbranched alkanes of at least 4 members (excludes halogenated alkanes) is 12. The fourth-order valence-corrected chi connectivity index (χ4v) is 5.04. The smallest absolute Gasteiger partial charge is 0.379 e. The van der Waals surface area contributed by atoms with Gasteiger partial charge in [0.25, 0.3) is 0 Å². The maximum atomic E-state index is 13.2. The summed E-state index contributed by atoms with van der Waals surface area (Å²) in [6.07, 6.45) is 17.5. The lowest BCUT2D eigenvalue weighted by Gasteiger charge is -2.19. The lowest BCUT2D eigenvalue weighted by atomic mass is 10.1. The molecule has 0 aliphatic rings. The van der Waals surface area contributed by atoms with Gasteiger partial charge in [-0.1, -0.05) is 109 Å². The molecule has 0 saturated heterocycles. The molecule has 162 valence electrons. The second-order valence-electron chi connectivity index (χ2n) is 7.81. The van der Waals surface area contributed by atoms with Crippen molar-refractivity contribution in [1.82, 2.24) is 0 Å². The molecule has 0 aliphatic carbocycles. The van der Waals surface area contributed by atoms with Crippen LogP contribution < -0.4 is 4.52 Å². The highest BCUT2D eigenvalue weighted by molar-refractivity contribution is 7.54. The van der Waals surface area contributed by atoms with Crippen LogP contribution in [0.4, 0.5) is 0 Å². The third-order valence-electron chi connectivity index (χ3n) is 5.06. The molecule has 0 bridgehead atoms. The van der Waals surface area contributed by atoms with Crippen molar-refractivity contribution in [2.45, 2.75) is 104 Å². The molecular weight excluding hydrogens is 367 g/mol. The van der Waals surface area contributed by atoms with E-state index < -0.39 is 7.60 Å². The molecular formula is C24H43O3P. The summed E-state index contributed by atoms with van der Waals surface area (Å²) < 4.78 is 24.9. The first-order valence-electron chi connectivity index (χ1n) is 11.7. The van der Waals surface area contributed by atoms with Crippen LogP contribution in [0.5, 0.6) is 5.75 Å². The van der Waals surface area contributed by atoms with E-state index in [1.54, 1.807) is 0 Å². The molecule has 1 aromatic carbocycles. The molecule has 1 rings (SSSR count). The van der Waals surface area contributed by atoms with Gasteiger partial charge in [-0.25, -0.2) is 4.57 Å². The van der Waals surface area contributed by atoms with Gasteiger partial charge in [-0.2, -0.15) is 0 Å². The predicted molar refractivity (Wildman–Crippen MR) is 121 cm³/mol. The van der Waals surface area contributed by atoms with Gasteiger partial charge in [0, 0.05) is 0 Å². The van der Waals surface area contributed by atoms with E-state index in [2.05, 4.69) is 13.8 Å². The topological polar surface area (TPSA) is 35.5 Å². The predicted octanol–water partition coefficient (Wildman–Crippen LogP) is 8.78. The second-order valence-corrected chi connectivity index (χ2v) is 9.92. The maximum absolute atomic E-state index is 13.2. The van der Waals surface area contributed by atoms with E-state index >= 15 is 0 Å². The number of para-hydroxylation sites is 1. The van der Waals surface area contributed by atoms with E-state index in [-0.39, 0.29) is 0 Å². The van der Waals surface area contributed by atoms with Gasteiger partial charge in [0.15, 0.2) is 0 Å². The fourth-order valence-electron chi connectivity index (χ4n) is 3.30. The van der Waals surface area contributed by atoms with Crippen LogP contribution in [0.3, 0.4) is 0 Å². The molecule has 0 amide bonds. The average Bonchev–Trinajstić information content (AvgIpc) is 2.70. The van der Waals surface area contributed by atoms with Crippen LogP contribution in [0.1, 0.15) is 104 Å². The molecule has 0 fully saturated rings. The van der Waals surface area contributed by atoms with E-state index in [0.29, 0.717) is 18.5 Å². The molecule has 0 saturated carbocycles. The third kappa shape index (κ3) is 13.4. The third-order valence-corrected chi connectivity index (χ3v) is 6.99. The zero-order valence-corrected chi connectivity index (χ0v) is 19.3. The molecule has 0 radical (unpaired) electrons. The van der Waals surface area contributed by atoms with Gasteiger partial charge in [-0.15, -0.1) is 0 Å². The Balaban J connectivity index is 2.33. The second kappa shape index (κ2) is 17.1. The average molecular weight is 411 g/mol. The van der Waals surface area contributed by atoms with Crippen LogP contribution in [0.25, 0.3) is 0 Å². The molecule has 0 N–H and O–H groups in total. The minimum absolute atomic E-state index is 0.520. The van der Waals surface area contributed by atoms with Gasteiger partial charge in [-0.3, -0.25) is 4.52 Å². The standard InChI is InChI=1S/C24H43O3P/c1-3-5-7-9-11-13-18-22-26-28(25,27-24-20-16-15-17-21-24)23-19-14-12-10-8-6-4-2/h15-17,20-21H,3-14,18-19,22-23H2,1-2H3. The number of rotatable bonds is 19. The highest BCUT2D eigenvalue weighted by Crippen LogP contribution is 2.49. The Morgan fingerprint density at radius 3 is 1.75 bits per heavy atom. The Morgan fingerprint density at radius 2 is 1.18 bits per heavy atom. The van der Waals surface area contributed by atoms with E-state index in [1.165, 1.54) is 64.2 Å². The summed E-state index contributed by atoms with van der Waals surface area (Å²) in [5.41, 5.74) is 0. The van der Waals surface area contributed by atoms with Crippen LogP contribution in [0.15, 0.2) is 30.3 Å². The molecule has 1 unspecified atom stereocenters. The van der Waals surface area contributed by atoms with Crippen LogP contribution >= 0.6 is 7.60 Å². The van der Waals surface area contributed by atoms with Crippen molar-refractivity contribution in [1.29, 1.82) is 0 Å². The van der Waals surface area contributed by atoms with Crippen molar-refractivity contribution >= 4 is 7.60 Å². The Kier molecular flexibility index (Phi) is 15.4. The first-order valence-corrected chi connectivity index (χ1v) is 13.4. The molecule has 0 spiro atoms. The normalized spacial score (nSPS) is 13.4. The van der Waals surface area contributed by atoms with E-state index in [0.717, 1.165) is 25.7 Å². The number of hydrogen-bond donors (Lipinski definition) is 0. The Bertz CT molecular complexity index is 504. The summed E-state index contributed by atoms with van der Waals surface area (Å²) in [4.78, 5) is 0. The minimum Gasteiger partial charge on any atom is -0.424 e. The van der Waals surface area contributed by atoms with Crippen LogP contribution in [-0.2, 0) is 9.09 Å².